The fourth-order valence-electron chi connectivity index (χ4n) is 1.84. The van der Waals surface area contributed by atoms with E-state index in [-0.39, 0.29) is 0 Å². The molecule has 0 radical (unpaired) electrons. The van der Waals surface area contributed by atoms with Gasteiger partial charge in [-0.3, -0.25) is 0 Å². The lowest BCUT2D eigenvalue weighted by Gasteiger charge is -2.24. The number of hydrogen-bond donors (Lipinski definition) is 0. The van der Waals surface area contributed by atoms with E-state index >= 15 is 0 Å². The van der Waals surface area contributed by atoms with Crippen LogP contribution < -0.4 is 0 Å². The summed E-state index contributed by atoms with van der Waals surface area (Å²) in [7, 11) is 0. The van der Waals surface area contributed by atoms with Crippen molar-refractivity contribution in [2.24, 2.45) is 5.92 Å². The lowest BCUT2D eigenvalue weighted by Crippen LogP contribution is -2.14. The van der Waals surface area contributed by atoms with Gasteiger partial charge in [-0.25, -0.2) is 0 Å². The Kier molecular flexibility index (Phi) is 3.99. The van der Waals surface area contributed by atoms with Crippen molar-refractivity contribution < 1.29 is 0 Å². The van der Waals surface area contributed by atoms with Gasteiger partial charge in [0.25, 0.3) is 0 Å². The summed E-state index contributed by atoms with van der Waals surface area (Å²) in [6, 6.07) is 0. The van der Waals surface area contributed by atoms with Crippen LogP contribution >= 0.6 is 11.6 Å². The molecule has 2 atom stereocenters. The zero-order valence-corrected chi connectivity index (χ0v) is 7.82. The van der Waals surface area contributed by atoms with Gasteiger partial charge in [0.05, 0.1) is 0 Å². The minimum absolute atomic E-state index is 0.457. The summed E-state index contributed by atoms with van der Waals surface area (Å²) >= 11 is 6.06. The SMILES string of the molecule is C=CCCC1CCCC(Cl)C1. The fourth-order valence-corrected chi connectivity index (χ4v) is 2.25. The molecule has 11 heavy (non-hydrogen) atoms. The topological polar surface area (TPSA) is 0 Å². The molecule has 1 rings (SSSR count). The average molecular weight is 173 g/mol. The number of hydrogen-bond acceptors (Lipinski definition) is 0. The number of halogens is 1. The third-order valence-electron chi connectivity index (χ3n) is 2.50. The third kappa shape index (κ3) is 3.29. The monoisotopic (exact) mass is 172 g/mol. The largest absolute Gasteiger partial charge is 0.123 e. The van der Waals surface area contributed by atoms with Crippen molar-refractivity contribution in [2.45, 2.75) is 43.9 Å². The molecule has 1 saturated carbocycles. The maximum atomic E-state index is 6.06. The lowest BCUT2D eigenvalue weighted by atomic mass is 9.86. The summed E-state index contributed by atoms with van der Waals surface area (Å²) in [6.45, 7) is 3.73. The Morgan fingerprint density at radius 1 is 1.45 bits per heavy atom. The Morgan fingerprint density at radius 2 is 2.27 bits per heavy atom. The van der Waals surface area contributed by atoms with Crippen molar-refractivity contribution in [3.05, 3.63) is 12.7 Å². The molecule has 1 heteroatoms. The first-order chi connectivity index (χ1) is 5.33. The molecule has 0 N–H and O–H groups in total. The van der Waals surface area contributed by atoms with Crippen LogP contribution in [0.25, 0.3) is 0 Å². The Hall–Kier alpha value is 0.0300. The lowest BCUT2D eigenvalue weighted by molar-refractivity contribution is 0.345. The van der Waals surface area contributed by atoms with Gasteiger partial charge in [-0.1, -0.05) is 18.9 Å². The fraction of sp³-hybridized carbons (Fsp3) is 0.800. The van der Waals surface area contributed by atoms with Crippen molar-refractivity contribution in [3.8, 4) is 0 Å². The molecule has 0 aliphatic heterocycles. The molecular weight excluding hydrogens is 156 g/mol. The minimum Gasteiger partial charge on any atom is -0.123 e. The van der Waals surface area contributed by atoms with Crippen molar-refractivity contribution in [3.63, 3.8) is 0 Å². The highest BCUT2D eigenvalue weighted by molar-refractivity contribution is 6.20. The summed E-state index contributed by atoms with van der Waals surface area (Å²) in [5.41, 5.74) is 0. The van der Waals surface area contributed by atoms with E-state index in [0.29, 0.717) is 5.38 Å². The molecule has 2 unspecified atom stereocenters. The Morgan fingerprint density at radius 3 is 2.91 bits per heavy atom. The molecular formula is C10H17Cl. The molecule has 0 spiro atoms. The zero-order valence-electron chi connectivity index (χ0n) is 7.06. The molecule has 0 aromatic carbocycles. The first-order valence-corrected chi connectivity index (χ1v) is 5.01. The predicted molar refractivity (Wildman–Crippen MR) is 51.0 cm³/mol. The van der Waals surface area contributed by atoms with Crippen molar-refractivity contribution >= 4 is 11.6 Å². The Labute approximate surface area is 74.6 Å². The van der Waals surface area contributed by atoms with Crippen LogP contribution in [0.3, 0.4) is 0 Å². The van der Waals surface area contributed by atoms with Gasteiger partial charge >= 0.3 is 0 Å². The highest BCUT2D eigenvalue weighted by Gasteiger charge is 2.18. The van der Waals surface area contributed by atoms with Gasteiger partial charge in [-0.05, 0) is 31.6 Å². The molecule has 1 aliphatic rings. The first kappa shape index (κ1) is 9.12. The molecule has 1 aliphatic carbocycles. The number of rotatable bonds is 3. The average Bonchev–Trinajstić information content (AvgIpc) is 2.01. The molecule has 0 bridgehead atoms. The standard InChI is InChI=1S/C10H17Cl/c1-2-3-5-9-6-4-7-10(11)8-9/h2,9-10H,1,3-8H2. The second-order valence-corrected chi connectivity index (χ2v) is 4.11. The van der Waals surface area contributed by atoms with Crippen molar-refractivity contribution in [1.29, 1.82) is 0 Å². The van der Waals surface area contributed by atoms with Gasteiger partial charge in [-0.2, -0.15) is 0 Å². The molecule has 0 nitrogen and oxygen atoms in total. The summed E-state index contributed by atoms with van der Waals surface area (Å²) in [4.78, 5) is 0. The van der Waals surface area contributed by atoms with E-state index in [1.54, 1.807) is 0 Å². The van der Waals surface area contributed by atoms with Crippen LogP contribution in [-0.4, -0.2) is 5.38 Å². The van der Waals surface area contributed by atoms with Crippen LogP contribution in [0.5, 0.6) is 0 Å². The molecule has 0 heterocycles. The summed E-state index contributed by atoms with van der Waals surface area (Å²) < 4.78 is 0. The summed E-state index contributed by atoms with van der Waals surface area (Å²) in [5.74, 6) is 0.879. The van der Waals surface area contributed by atoms with Crippen LogP contribution in [0.4, 0.5) is 0 Å². The maximum Gasteiger partial charge on any atom is 0.0338 e. The molecule has 0 aromatic heterocycles. The van der Waals surface area contributed by atoms with E-state index in [0.717, 1.165) is 12.3 Å². The van der Waals surface area contributed by atoms with E-state index in [1.165, 1.54) is 32.1 Å². The maximum absolute atomic E-state index is 6.06. The van der Waals surface area contributed by atoms with Crippen LogP contribution in [0, 0.1) is 5.92 Å². The molecule has 0 saturated heterocycles. The van der Waals surface area contributed by atoms with Crippen LogP contribution in [0.1, 0.15) is 38.5 Å². The van der Waals surface area contributed by atoms with Gasteiger partial charge in [0.15, 0.2) is 0 Å². The van der Waals surface area contributed by atoms with Gasteiger partial charge in [0.1, 0.15) is 0 Å². The molecule has 0 amide bonds. The molecule has 1 fully saturated rings. The second kappa shape index (κ2) is 4.82. The van der Waals surface area contributed by atoms with Gasteiger partial charge in [0.2, 0.25) is 0 Å². The normalized spacial score (nSPS) is 31.7. The quantitative estimate of drug-likeness (QED) is 0.449. The second-order valence-electron chi connectivity index (χ2n) is 3.50. The first-order valence-electron chi connectivity index (χ1n) is 4.58. The van der Waals surface area contributed by atoms with E-state index in [9.17, 15) is 0 Å². The van der Waals surface area contributed by atoms with Crippen LogP contribution in [-0.2, 0) is 0 Å². The van der Waals surface area contributed by atoms with E-state index in [4.69, 9.17) is 11.6 Å². The van der Waals surface area contributed by atoms with E-state index in [1.807, 2.05) is 6.08 Å². The van der Waals surface area contributed by atoms with Crippen molar-refractivity contribution in [2.75, 3.05) is 0 Å². The smallest absolute Gasteiger partial charge is 0.0338 e. The highest BCUT2D eigenvalue weighted by atomic mass is 35.5. The minimum atomic E-state index is 0.457. The van der Waals surface area contributed by atoms with Gasteiger partial charge < -0.3 is 0 Å². The van der Waals surface area contributed by atoms with Crippen LogP contribution in [0.15, 0.2) is 12.7 Å². The number of allylic oxidation sites excluding steroid dienone is 1. The van der Waals surface area contributed by atoms with Gasteiger partial charge in [0, 0.05) is 5.38 Å². The van der Waals surface area contributed by atoms with E-state index in [2.05, 4.69) is 6.58 Å². The van der Waals surface area contributed by atoms with E-state index < -0.39 is 0 Å². The van der Waals surface area contributed by atoms with Crippen molar-refractivity contribution in [1.82, 2.24) is 0 Å². The Balaban J connectivity index is 2.17. The third-order valence-corrected chi connectivity index (χ3v) is 2.89. The van der Waals surface area contributed by atoms with Gasteiger partial charge in [-0.15, -0.1) is 18.2 Å². The van der Waals surface area contributed by atoms with Crippen LogP contribution in [0.2, 0.25) is 0 Å². The summed E-state index contributed by atoms with van der Waals surface area (Å²) in [6.07, 6.45) is 9.65. The summed E-state index contributed by atoms with van der Waals surface area (Å²) in [5, 5.41) is 0.457. The zero-order chi connectivity index (χ0) is 8.10. The predicted octanol–water partition coefficient (Wildman–Crippen LogP) is 3.75. The Bertz CT molecular complexity index is 120. The molecule has 64 valence electrons. The highest BCUT2D eigenvalue weighted by Crippen LogP contribution is 2.30. The molecule has 0 aromatic rings. The number of alkyl halides is 1.